The molecule has 1 saturated carbocycles. The van der Waals surface area contributed by atoms with Gasteiger partial charge in [0, 0.05) is 0 Å². The van der Waals surface area contributed by atoms with Crippen LogP contribution in [0.15, 0.2) is 9.98 Å². The quantitative estimate of drug-likeness (QED) is 0.608. The van der Waals surface area contributed by atoms with E-state index in [2.05, 4.69) is 29.8 Å². The van der Waals surface area contributed by atoms with Crippen LogP contribution in [0.4, 0.5) is 0 Å². The molecule has 0 N–H and O–H groups in total. The van der Waals surface area contributed by atoms with Crippen LogP contribution in [0.3, 0.4) is 0 Å². The van der Waals surface area contributed by atoms with E-state index in [0.29, 0.717) is 12.1 Å². The maximum absolute atomic E-state index is 4.41. The Morgan fingerprint density at radius 1 is 1.27 bits per heavy atom. The molecule has 0 bridgehead atoms. The second-order valence-electron chi connectivity index (χ2n) is 4.64. The van der Waals surface area contributed by atoms with Gasteiger partial charge in [0.1, 0.15) is 0 Å². The summed E-state index contributed by atoms with van der Waals surface area (Å²) in [4.78, 5) is 8.75. The molecular formula is C13H24N2. The second kappa shape index (κ2) is 7.64. The summed E-state index contributed by atoms with van der Waals surface area (Å²) in [5, 5.41) is 0. The highest BCUT2D eigenvalue weighted by Crippen LogP contribution is 2.19. The van der Waals surface area contributed by atoms with Gasteiger partial charge in [-0.15, -0.1) is 0 Å². The van der Waals surface area contributed by atoms with Gasteiger partial charge in [-0.05, 0) is 26.2 Å². The summed E-state index contributed by atoms with van der Waals surface area (Å²) in [7, 11) is 0. The molecule has 0 spiro atoms. The van der Waals surface area contributed by atoms with Crippen molar-refractivity contribution in [3.63, 3.8) is 0 Å². The van der Waals surface area contributed by atoms with Crippen molar-refractivity contribution >= 4 is 6.01 Å². The van der Waals surface area contributed by atoms with Gasteiger partial charge in [-0.2, -0.15) is 0 Å². The molecule has 2 nitrogen and oxygen atoms in total. The van der Waals surface area contributed by atoms with Crippen LogP contribution in [0.1, 0.15) is 65.2 Å². The van der Waals surface area contributed by atoms with E-state index in [1.807, 2.05) is 0 Å². The molecule has 1 unspecified atom stereocenters. The Morgan fingerprint density at radius 2 is 2.00 bits per heavy atom. The first-order valence-corrected chi connectivity index (χ1v) is 6.47. The van der Waals surface area contributed by atoms with Crippen LogP contribution in [0.2, 0.25) is 0 Å². The molecule has 1 aliphatic carbocycles. The van der Waals surface area contributed by atoms with Gasteiger partial charge in [-0.1, -0.05) is 39.0 Å². The molecular weight excluding hydrogens is 184 g/mol. The highest BCUT2D eigenvalue weighted by Gasteiger charge is 2.10. The minimum atomic E-state index is 0.400. The zero-order chi connectivity index (χ0) is 10.9. The highest BCUT2D eigenvalue weighted by atomic mass is 14.9. The molecule has 1 fully saturated rings. The van der Waals surface area contributed by atoms with Crippen molar-refractivity contribution in [3.05, 3.63) is 0 Å². The van der Waals surface area contributed by atoms with Crippen LogP contribution >= 0.6 is 0 Å². The van der Waals surface area contributed by atoms with Crippen molar-refractivity contribution < 1.29 is 0 Å². The van der Waals surface area contributed by atoms with E-state index >= 15 is 0 Å². The van der Waals surface area contributed by atoms with Gasteiger partial charge in [0.05, 0.1) is 18.1 Å². The third-order valence-electron chi connectivity index (χ3n) is 3.07. The summed E-state index contributed by atoms with van der Waals surface area (Å²) in [6, 6.07) is 3.83. The van der Waals surface area contributed by atoms with E-state index < -0.39 is 0 Å². The number of unbranched alkanes of at least 4 members (excludes halogenated alkanes) is 1. The molecule has 0 saturated heterocycles. The Morgan fingerprint density at radius 3 is 2.67 bits per heavy atom. The van der Waals surface area contributed by atoms with Crippen LogP contribution in [0.5, 0.6) is 0 Å². The number of hydrogen-bond donors (Lipinski definition) is 0. The zero-order valence-corrected chi connectivity index (χ0v) is 10.2. The average molecular weight is 208 g/mol. The van der Waals surface area contributed by atoms with Crippen LogP contribution < -0.4 is 0 Å². The Balaban J connectivity index is 2.24. The zero-order valence-electron chi connectivity index (χ0n) is 10.2. The number of rotatable bonds is 5. The van der Waals surface area contributed by atoms with E-state index in [9.17, 15) is 0 Å². The van der Waals surface area contributed by atoms with Crippen molar-refractivity contribution in [1.82, 2.24) is 0 Å². The first-order valence-electron chi connectivity index (χ1n) is 6.47. The topological polar surface area (TPSA) is 24.7 Å². The summed E-state index contributed by atoms with van der Waals surface area (Å²) in [6.45, 7) is 4.37. The van der Waals surface area contributed by atoms with E-state index in [-0.39, 0.29) is 0 Å². The molecule has 0 heterocycles. The first-order chi connectivity index (χ1) is 7.33. The first kappa shape index (κ1) is 12.4. The molecule has 0 aromatic rings. The number of nitrogens with zero attached hydrogens (tertiary/aromatic N) is 2. The average Bonchev–Trinajstić information content (AvgIpc) is 2.28. The lowest BCUT2D eigenvalue weighted by molar-refractivity contribution is 0.444. The van der Waals surface area contributed by atoms with E-state index in [1.165, 1.54) is 51.4 Å². The Kier molecular flexibility index (Phi) is 6.34. The fourth-order valence-corrected chi connectivity index (χ4v) is 1.99. The highest BCUT2D eigenvalue weighted by molar-refractivity contribution is 5.42. The molecule has 0 aromatic heterocycles. The van der Waals surface area contributed by atoms with Crippen molar-refractivity contribution in [2.24, 2.45) is 9.98 Å². The Bertz CT molecular complexity index is 211. The molecule has 1 rings (SSSR count). The smallest absolute Gasteiger partial charge is 0.0898 e. The molecule has 1 atom stereocenters. The van der Waals surface area contributed by atoms with Crippen molar-refractivity contribution in [3.8, 4) is 0 Å². The number of aliphatic imine (C=N–C) groups is 2. The molecule has 0 aliphatic heterocycles. The fraction of sp³-hybridized carbons (Fsp3) is 0.923. The predicted octanol–water partition coefficient (Wildman–Crippen LogP) is 4.07. The van der Waals surface area contributed by atoms with Crippen LogP contribution in [0, 0.1) is 0 Å². The van der Waals surface area contributed by atoms with Gasteiger partial charge in [0.2, 0.25) is 0 Å². The number of hydrogen-bond acceptors (Lipinski definition) is 2. The third-order valence-corrected chi connectivity index (χ3v) is 3.07. The summed E-state index contributed by atoms with van der Waals surface area (Å²) in [5.74, 6) is 0. The summed E-state index contributed by atoms with van der Waals surface area (Å²) >= 11 is 0. The van der Waals surface area contributed by atoms with Gasteiger partial charge in [0.25, 0.3) is 0 Å². The van der Waals surface area contributed by atoms with Crippen molar-refractivity contribution in [2.75, 3.05) is 0 Å². The Labute approximate surface area is 93.9 Å². The fourth-order valence-electron chi connectivity index (χ4n) is 1.99. The van der Waals surface area contributed by atoms with Gasteiger partial charge in [-0.25, -0.2) is 9.98 Å². The Hall–Kier alpha value is -0.620. The van der Waals surface area contributed by atoms with E-state index in [0.717, 1.165) is 0 Å². The second-order valence-corrected chi connectivity index (χ2v) is 4.64. The molecule has 15 heavy (non-hydrogen) atoms. The lowest BCUT2D eigenvalue weighted by Gasteiger charge is -2.15. The normalized spacial score (nSPS) is 19.3. The summed E-state index contributed by atoms with van der Waals surface area (Å²) < 4.78 is 0. The van der Waals surface area contributed by atoms with Crippen molar-refractivity contribution in [2.45, 2.75) is 77.3 Å². The summed E-state index contributed by atoms with van der Waals surface area (Å²) in [6.07, 6.45) is 10.2. The lowest BCUT2D eigenvalue weighted by atomic mass is 9.96. The van der Waals surface area contributed by atoms with Gasteiger partial charge >= 0.3 is 0 Å². The molecule has 2 heteroatoms. The predicted molar refractivity (Wildman–Crippen MR) is 65.7 cm³/mol. The maximum Gasteiger partial charge on any atom is 0.0898 e. The molecule has 0 radical (unpaired) electrons. The van der Waals surface area contributed by atoms with Crippen LogP contribution in [-0.2, 0) is 0 Å². The SMILES string of the molecule is CCCCC(C)N=C=NC1CCCCC1. The molecule has 1 aliphatic rings. The lowest BCUT2D eigenvalue weighted by Crippen LogP contribution is -2.08. The maximum atomic E-state index is 4.41. The van der Waals surface area contributed by atoms with Crippen molar-refractivity contribution in [1.29, 1.82) is 0 Å². The van der Waals surface area contributed by atoms with Crippen LogP contribution in [0.25, 0.3) is 0 Å². The van der Waals surface area contributed by atoms with Gasteiger partial charge in [-0.3, -0.25) is 0 Å². The monoisotopic (exact) mass is 208 g/mol. The van der Waals surface area contributed by atoms with Crippen LogP contribution in [-0.4, -0.2) is 18.1 Å². The minimum absolute atomic E-state index is 0.400. The molecule has 86 valence electrons. The van der Waals surface area contributed by atoms with E-state index in [4.69, 9.17) is 0 Å². The summed E-state index contributed by atoms with van der Waals surface area (Å²) in [5.41, 5.74) is 0. The third kappa shape index (κ3) is 5.74. The molecule has 0 amide bonds. The minimum Gasteiger partial charge on any atom is -0.223 e. The largest absolute Gasteiger partial charge is 0.223 e. The van der Waals surface area contributed by atoms with Gasteiger partial charge < -0.3 is 0 Å². The van der Waals surface area contributed by atoms with E-state index in [1.54, 1.807) is 0 Å². The molecule has 0 aromatic carbocycles. The van der Waals surface area contributed by atoms with Gasteiger partial charge in [0.15, 0.2) is 0 Å². The standard InChI is InChI=1S/C13H24N2/c1-3-4-8-12(2)14-11-15-13-9-6-5-7-10-13/h12-13H,3-10H2,1-2H3.